The van der Waals surface area contributed by atoms with Crippen molar-refractivity contribution in [2.24, 2.45) is 0 Å². The van der Waals surface area contributed by atoms with E-state index in [9.17, 15) is 22.8 Å². The summed E-state index contributed by atoms with van der Waals surface area (Å²) in [4.78, 5) is 29.4. The van der Waals surface area contributed by atoms with Gasteiger partial charge in [0.15, 0.2) is 11.5 Å². The van der Waals surface area contributed by atoms with E-state index < -0.39 is 24.5 Å². The van der Waals surface area contributed by atoms with Crippen LogP contribution in [0.25, 0.3) is 10.6 Å². The van der Waals surface area contributed by atoms with E-state index in [-0.39, 0.29) is 5.56 Å². The van der Waals surface area contributed by atoms with Gasteiger partial charge in [-0.15, -0.1) is 11.3 Å². The fourth-order valence-corrected chi connectivity index (χ4v) is 3.83. The SMILES string of the molecule is COc1ccc(-c2nc(C)c(C(=O)Nc3ccc(C(=O)NCC(F)(F)F)cc3)s2)cc1OC. The Kier molecular flexibility index (Phi) is 7.22. The highest BCUT2D eigenvalue weighted by atomic mass is 32.1. The summed E-state index contributed by atoms with van der Waals surface area (Å²) < 4.78 is 47.3. The van der Waals surface area contributed by atoms with Crippen molar-refractivity contribution in [3.05, 3.63) is 58.6 Å². The number of aromatic nitrogens is 1. The minimum absolute atomic E-state index is 0.0435. The normalized spacial score (nSPS) is 11.1. The first-order valence-electron chi connectivity index (χ1n) is 9.57. The quantitative estimate of drug-likeness (QED) is 0.514. The maximum absolute atomic E-state index is 12.7. The molecule has 3 aromatic rings. The second-order valence-electron chi connectivity index (χ2n) is 6.83. The first-order chi connectivity index (χ1) is 15.6. The van der Waals surface area contributed by atoms with Crippen LogP contribution >= 0.6 is 11.3 Å². The number of benzene rings is 2. The lowest BCUT2D eigenvalue weighted by molar-refractivity contribution is -0.123. The van der Waals surface area contributed by atoms with Crippen molar-refractivity contribution in [3.8, 4) is 22.1 Å². The van der Waals surface area contributed by atoms with E-state index >= 15 is 0 Å². The molecule has 2 aromatic carbocycles. The summed E-state index contributed by atoms with van der Waals surface area (Å²) in [5, 5.41) is 5.11. The third-order valence-corrected chi connectivity index (χ3v) is 5.69. The van der Waals surface area contributed by atoms with Crippen LogP contribution in [-0.4, -0.2) is 43.7 Å². The van der Waals surface area contributed by atoms with Gasteiger partial charge >= 0.3 is 6.18 Å². The van der Waals surface area contributed by atoms with Crippen LogP contribution in [0.4, 0.5) is 18.9 Å². The Labute approximate surface area is 191 Å². The number of carbonyl (C=O) groups is 2. The van der Waals surface area contributed by atoms with Gasteiger partial charge in [-0.05, 0) is 49.4 Å². The summed E-state index contributed by atoms with van der Waals surface area (Å²) >= 11 is 1.20. The Balaban J connectivity index is 1.71. The maximum Gasteiger partial charge on any atom is 0.405 e. The molecule has 0 saturated heterocycles. The van der Waals surface area contributed by atoms with Crippen molar-refractivity contribution < 1.29 is 32.2 Å². The van der Waals surface area contributed by atoms with Crippen LogP contribution in [0, 0.1) is 6.92 Å². The summed E-state index contributed by atoms with van der Waals surface area (Å²) in [5.74, 6) is -0.148. The molecule has 1 heterocycles. The number of hydrogen-bond acceptors (Lipinski definition) is 6. The van der Waals surface area contributed by atoms with Crippen LogP contribution in [0.3, 0.4) is 0 Å². The standard InChI is InChI=1S/C22H20F3N3O4S/c1-12-18(33-21(27-12)14-6-9-16(31-2)17(10-14)32-3)20(30)28-15-7-4-13(5-8-15)19(29)26-11-22(23,24)25/h4-10H,11H2,1-3H3,(H,26,29)(H,28,30). The van der Waals surface area contributed by atoms with Gasteiger partial charge in [0.1, 0.15) is 16.4 Å². The molecule has 0 unspecified atom stereocenters. The molecule has 0 bridgehead atoms. The average molecular weight is 479 g/mol. The number of nitrogens with one attached hydrogen (secondary N) is 2. The number of alkyl halides is 3. The number of carbonyl (C=O) groups excluding carboxylic acids is 2. The molecule has 7 nitrogen and oxygen atoms in total. The zero-order valence-electron chi connectivity index (χ0n) is 17.9. The van der Waals surface area contributed by atoms with Gasteiger partial charge in [0.2, 0.25) is 0 Å². The van der Waals surface area contributed by atoms with E-state index in [1.807, 2.05) is 6.07 Å². The summed E-state index contributed by atoms with van der Waals surface area (Å²) in [6.07, 6.45) is -4.49. The smallest absolute Gasteiger partial charge is 0.405 e. The average Bonchev–Trinajstić information content (AvgIpc) is 3.18. The van der Waals surface area contributed by atoms with Gasteiger partial charge in [-0.25, -0.2) is 4.98 Å². The monoisotopic (exact) mass is 479 g/mol. The molecule has 0 atom stereocenters. The van der Waals surface area contributed by atoms with Gasteiger partial charge in [-0.2, -0.15) is 13.2 Å². The molecule has 0 aliphatic heterocycles. The summed E-state index contributed by atoms with van der Waals surface area (Å²) in [6.45, 7) is 0.293. The Hall–Kier alpha value is -3.60. The number of thiazole rings is 1. The van der Waals surface area contributed by atoms with Crippen molar-refractivity contribution in [2.75, 3.05) is 26.1 Å². The third kappa shape index (κ3) is 6.01. The summed E-state index contributed by atoms with van der Waals surface area (Å²) in [6, 6.07) is 10.9. The Morgan fingerprint density at radius 1 is 1.00 bits per heavy atom. The molecule has 1 aromatic heterocycles. The second-order valence-corrected chi connectivity index (χ2v) is 7.83. The van der Waals surface area contributed by atoms with Gasteiger partial charge in [-0.3, -0.25) is 9.59 Å². The Bertz CT molecular complexity index is 1160. The molecule has 174 valence electrons. The lowest BCUT2D eigenvalue weighted by atomic mass is 10.2. The largest absolute Gasteiger partial charge is 0.493 e. The fraction of sp³-hybridized carbons (Fsp3) is 0.227. The van der Waals surface area contributed by atoms with Crippen molar-refractivity contribution in [1.29, 1.82) is 0 Å². The second kappa shape index (κ2) is 9.90. The molecule has 0 aliphatic carbocycles. The van der Waals surface area contributed by atoms with E-state index in [0.29, 0.717) is 32.8 Å². The molecular formula is C22H20F3N3O4S. The number of amides is 2. The van der Waals surface area contributed by atoms with E-state index in [2.05, 4.69) is 10.3 Å². The van der Waals surface area contributed by atoms with E-state index in [1.54, 1.807) is 24.4 Å². The molecule has 33 heavy (non-hydrogen) atoms. The number of nitrogens with zero attached hydrogens (tertiary/aromatic N) is 1. The minimum atomic E-state index is -4.49. The van der Waals surface area contributed by atoms with Gasteiger partial charge in [0.25, 0.3) is 11.8 Å². The van der Waals surface area contributed by atoms with E-state index in [4.69, 9.17) is 9.47 Å². The zero-order chi connectivity index (χ0) is 24.2. The van der Waals surface area contributed by atoms with E-state index in [0.717, 1.165) is 5.56 Å². The molecule has 3 rings (SSSR count). The van der Waals surface area contributed by atoms with Crippen LogP contribution in [-0.2, 0) is 0 Å². The number of aryl methyl sites for hydroxylation is 1. The van der Waals surface area contributed by atoms with Crippen molar-refractivity contribution in [1.82, 2.24) is 10.3 Å². The van der Waals surface area contributed by atoms with Gasteiger partial charge in [-0.1, -0.05) is 0 Å². The van der Waals surface area contributed by atoms with Crippen LogP contribution in [0.1, 0.15) is 25.7 Å². The van der Waals surface area contributed by atoms with E-state index in [1.165, 1.54) is 49.8 Å². The molecular weight excluding hydrogens is 459 g/mol. The first-order valence-corrected chi connectivity index (χ1v) is 10.4. The minimum Gasteiger partial charge on any atom is -0.493 e. The molecule has 0 radical (unpaired) electrons. The molecule has 2 N–H and O–H groups in total. The Morgan fingerprint density at radius 3 is 2.27 bits per heavy atom. The Morgan fingerprint density at radius 2 is 1.67 bits per heavy atom. The van der Waals surface area contributed by atoms with Gasteiger partial charge < -0.3 is 20.1 Å². The molecule has 0 fully saturated rings. The highest BCUT2D eigenvalue weighted by Gasteiger charge is 2.28. The zero-order valence-corrected chi connectivity index (χ0v) is 18.7. The van der Waals surface area contributed by atoms with Gasteiger partial charge in [0, 0.05) is 16.8 Å². The maximum atomic E-state index is 12.7. The van der Waals surface area contributed by atoms with Crippen LogP contribution < -0.4 is 20.1 Å². The molecule has 0 saturated carbocycles. The third-order valence-electron chi connectivity index (χ3n) is 4.49. The predicted molar refractivity (Wildman–Crippen MR) is 118 cm³/mol. The highest BCUT2D eigenvalue weighted by Crippen LogP contribution is 2.35. The fourth-order valence-electron chi connectivity index (χ4n) is 2.88. The number of halogens is 3. The number of methoxy groups -OCH3 is 2. The predicted octanol–water partition coefficient (Wildman–Crippen LogP) is 4.68. The van der Waals surface area contributed by atoms with Crippen LogP contribution in [0.5, 0.6) is 11.5 Å². The van der Waals surface area contributed by atoms with Crippen molar-refractivity contribution >= 4 is 28.8 Å². The molecule has 0 aliphatic rings. The molecule has 0 spiro atoms. The summed E-state index contributed by atoms with van der Waals surface area (Å²) in [7, 11) is 3.06. The molecule has 11 heteroatoms. The topological polar surface area (TPSA) is 89.5 Å². The summed E-state index contributed by atoms with van der Waals surface area (Å²) in [5.41, 5.74) is 1.72. The van der Waals surface area contributed by atoms with Crippen molar-refractivity contribution in [3.63, 3.8) is 0 Å². The highest BCUT2D eigenvalue weighted by molar-refractivity contribution is 7.17. The van der Waals surface area contributed by atoms with Crippen LogP contribution in [0.15, 0.2) is 42.5 Å². The number of hydrogen-bond donors (Lipinski definition) is 2. The number of rotatable bonds is 7. The van der Waals surface area contributed by atoms with Gasteiger partial charge in [0.05, 0.1) is 19.9 Å². The lowest BCUT2D eigenvalue weighted by Gasteiger charge is -2.09. The lowest BCUT2D eigenvalue weighted by Crippen LogP contribution is -2.33. The van der Waals surface area contributed by atoms with Crippen molar-refractivity contribution in [2.45, 2.75) is 13.1 Å². The number of ether oxygens (including phenoxy) is 2. The number of anilines is 1. The molecule has 2 amide bonds. The van der Waals surface area contributed by atoms with Crippen LogP contribution in [0.2, 0.25) is 0 Å². The first kappa shape index (κ1) is 24.1.